The second-order valence-corrected chi connectivity index (χ2v) is 6.06. The first-order valence-corrected chi connectivity index (χ1v) is 7.63. The highest BCUT2D eigenvalue weighted by Crippen LogP contribution is 2.42. The molecule has 0 radical (unpaired) electrons. The summed E-state index contributed by atoms with van der Waals surface area (Å²) in [7, 11) is 0. The Morgan fingerprint density at radius 3 is 2.70 bits per heavy atom. The van der Waals surface area contributed by atoms with Gasteiger partial charge in [-0.15, -0.1) is 0 Å². The lowest BCUT2D eigenvalue weighted by atomic mass is 9.87. The number of ether oxygens (including phenoxy) is 1. The maximum atomic E-state index is 13.2. The molecule has 9 heteroatoms. The molecule has 0 aromatic carbocycles. The Bertz CT molecular complexity index is 723. The Kier molecular flexibility index (Phi) is 3.22. The van der Waals surface area contributed by atoms with E-state index < -0.39 is 11.9 Å². The van der Waals surface area contributed by atoms with Crippen molar-refractivity contribution in [3.8, 4) is 0 Å². The number of fused-ring (bicyclic) bond motifs is 1. The first kappa shape index (κ1) is 14.7. The fourth-order valence-electron chi connectivity index (χ4n) is 3.70. The smallest absolute Gasteiger partial charge is 0.381 e. The zero-order valence-corrected chi connectivity index (χ0v) is 12.4. The van der Waals surface area contributed by atoms with Crippen molar-refractivity contribution in [2.45, 2.75) is 37.4 Å². The number of rotatable bonds is 1. The van der Waals surface area contributed by atoms with Crippen molar-refractivity contribution < 1.29 is 17.9 Å². The number of anilines is 1. The largest absolute Gasteiger partial charge is 0.433 e. The Morgan fingerprint density at radius 1 is 1.17 bits per heavy atom. The Balaban J connectivity index is 1.85. The number of halogens is 3. The molecule has 0 aliphatic carbocycles. The van der Waals surface area contributed by atoms with Crippen LogP contribution in [0, 0.1) is 0 Å². The molecule has 23 heavy (non-hydrogen) atoms. The lowest BCUT2D eigenvalue weighted by molar-refractivity contribution is -0.141. The van der Waals surface area contributed by atoms with Gasteiger partial charge in [0.1, 0.15) is 12.1 Å². The summed E-state index contributed by atoms with van der Waals surface area (Å²) >= 11 is 0. The van der Waals surface area contributed by atoms with Crippen LogP contribution in [0.25, 0.3) is 5.78 Å². The van der Waals surface area contributed by atoms with Crippen LogP contribution in [-0.4, -0.2) is 44.9 Å². The lowest BCUT2D eigenvalue weighted by Crippen LogP contribution is -2.49. The van der Waals surface area contributed by atoms with Crippen LogP contribution in [0.5, 0.6) is 0 Å². The highest BCUT2D eigenvalue weighted by Gasteiger charge is 2.44. The molecule has 6 nitrogen and oxygen atoms in total. The van der Waals surface area contributed by atoms with Crippen molar-refractivity contribution in [1.82, 2.24) is 19.6 Å². The van der Waals surface area contributed by atoms with Crippen LogP contribution in [-0.2, 0) is 10.9 Å². The molecule has 0 saturated carbocycles. The Labute approximate surface area is 130 Å². The zero-order chi connectivity index (χ0) is 16.1. The minimum Gasteiger partial charge on any atom is -0.381 e. The van der Waals surface area contributed by atoms with Crippen LogP contribution in [0.1, 0.15) is 31.4 Å². The van der Waals surface area contributed by atoms with Gasteiger partial charge in [-0.25, -0.2) is 4.98 Å². The van der Waals surface area contributed by atoms with E-state index in [1.165, 1.54) is 10.8 Å². The minimum atomic E-state index is -4.51. The van der Waals surface area contributed by atoms with Crippen molar-refractivity contribution in [3.05, 3.63) is 18.1 Å². The van der Waals surface area contributed by atoms with E-state index in [4.69, 9.17) is 4.74 Å². The maximum absolute atomic E-state index is 13.2. The van der Waals surface area contributed by atoms with E-state index in [-0.39, 0.29) is 11.3 Å². The van der Waals surface area contributed by atoms with Crippen molar-refractivity contribution >= 4 is 11.6 Å². The summed E-state index contributed by atoms with van der Waals surface area (Å²) in [5.41, 5.74) is -1.08. The molecule has 0 bridgehead atoms. The van der Waals surface area contributed by atoms with E-state index in [1.807, 2.05) is 4.90 Å². The first-order chi connectivity index (χ1) is 11.0. The van der Waals surface area contributed by atoms with Crippen LogP contribution in [0.2, 0.25) is 0 Å². The standard InChI is InChI=1S/C14H16F3N5O/c15-14(16,17)10-8-11(22-12(20-10)18-9-19-22)21-5-1-2-13(21)3-6-23-7-4-13/h8-9H,1-7H2. The number of nitrogens with zero attached hydrogens (tertiary/aromatic N) is 5. The van der Waals surface area contributed by atoms with Crippen LogP contribution in [0.4, 0.5) is 19.0 Å². The molecule has 2 aromatic heterocycles. The van der Waals surface area contributed by atoms with Crippen molar-refractivity contribution in [2.24, 2.45) is 0 Å². The van der Waals surface area contributed by atoms with Crippen LogP contribution < -0.4 is 4.90 Å². The second-order valence-electron chi connectivity index (χ2n) is 6.06. The van der Waals surface area contributed by atoms with E-state index in [1.54, 1.807) is 0 Å². The van der Waals surface area contributed by atoms with Crippen LogP contribution >= 0.6 is 0 Å². The van der Waals surface area contributed by atoms with E-state index >= 15 is 0 Å². The lowest BCUT2D eigenvalue weighted by Gasteiger charge is -2.42. The van der Waals surface area contributed by atoms with E-state index in [0.717, 1.165) is 31.7 Å². The van der Waals surface area contributed by atoms with Crippen LogP contribution in [0.3, 0.4) is 0 Å². The molecule has 2 aliphatic rings. The van der Waals surface area contributed by atoms with Gasteiger partial charge < -0.3 is 9.64 Å². The molecule has 2 aromatic rings. The second kappa shape index (κ2) is 5.05. The topological polar surface area (TPSA) is 55.6 Å². The van der Waals surface area contributed by atoms with Gasteiger partial charge in [0.05, 0.1) is 0 Å². The molecular formula is C14H16F3N5O. The molecule has 124 valence electrons. The summed E-state index contributed by atoms with van der Waals surface area (Å²) in [6.07, 6.45) is 0.250. The van der Waals surface area contributed by atoms with Gasteiger partial charge in [-0.2, -0.15) is 27.8 Å². The summed E-state index contributed by atoms with van der Waals surface area (Å²) in [6, 6.07) is 1.09. The molecule has 0 N–H and O–H groups in total. The summed E-state index contributed by atoms with van der Waals surface area (Å²) in [5, 5.41) is 4.07. The van der Waals surface area contributed by atoms with Crippen LogP contribution in [0.15, 0.2) is 12.4 Å². The van der Waals surface area contributed by atoms with E-state index in [0.29, 0.717) is 25.6 Å². The minimum absolute atomic E-state index is 0.0241. The highest BCUT2D eigenvalue weighted by atomic mass is 19.4. The third-order valence-corrected chi connectivity index (χ3v) is 4.82. The summed E-state index contributed by atoms with van der Waals surface area (Å²) in [6.45, 7) is 1.97. The average molecular weight is 327 g/mol. The van der Waals surface area contributed by atoms with E-state index in [2.05, 4.69) is 15.1 Å². The molecule has 0 atom stereocenters. The molecule has 4 heterocycles. The van der Waals surface area contributed by atoms with Gasteiger partial charge in [0.2, 0.25) is 0 Å². The first-order valence-electron chi connectivity index (χ1n) is 7.63. The summed E-state index contributed by atoms with van der Waals surface area (Å²) < 4.78 is 46.3. The van der Waals surface area contributed by atoms with Gasteiger partial charge in [0, 0.05) is 31.4 Å². The molecule has 2 saturated heterocycles. The third-order valence-electron chi connectivity index (χ3n) is 4.82. The van der Waals surface area contributed by atoms with Gasteiger partial charge in [-0.3, -0.25) is 0 Å². The van der Waals surface area contributed by atoms with Gasteiger partial charge in [-0.05, 0) is 25.7 Å². The van der Waals surface area contributed by atoms with Crippen molar-refractivity contribution in [1.29, 1.82) is 0 Å². The number of hydrogen-bond donors (Lipinski definition) is 0. The normalized spacial score (nSPS) is 21.4. The number of aromatic nitrogens is 4. The van der Waals surface area contributed by atoms with Gasteiger partial charge in [0.25, 0.3) is 5.78 Å². The molecule has 1 spiro atoms. The molecule has 0 unspecified atom stereocenters. The van der Waals surface area contributed by atoms with Gasteiger partial charge in [-0.1, -0.05) is 0 Å². The fraction of sp³-hybridized carbons (Fsp3) is 0.643. The predicted octanol–water partition coefficient (Wildman–Crippen LogP) is 2.29. The molecule has 0 amide bonds. The molecule has 2 fully saturated rings. The van der Waals surface area contributed by atoms with Gasteiger partial charge >= 0.3 is 6.18 Å². The third kappa shape index (κ3) is 2.34. The quantitative estimate of drug-likeness (QED) is 0.804. The van der Waals surface area contributed by atoms with Crippen molar-refractivity contribution in [2.75, 3.05) is 24.7 Å². The number of hydrogen-bond acceptors (Lipinski definition) is 5. The molecule has 4 rings (SSSR count). The monoisotopic (exact) mass is 327 g/mol. The summed E-state index contributed by atoms with van der Waals surface area (Å²) in [4.78, 5) is 9.48. The molecular weight excluding hydrogens is 311 g/mol. The highest BCUT2D eigenvalue weighted by molar-refractivity contribution is 5.51. The molecule has 2 aliphatic heterocycles. The maximum Gasteiger partial charge on any atom is 0.433 e. The average Bonchev–Trinajstić information content (AvgIpc) is 3.13. The Morgan fingerprint density at radius 2 is 1.96 bits per heavy atom. The van der Waals surface area contributed by atoms with E-state index in [9.17, 15) is 13.2 Å². The number of alkyl halides is 3. The van der Waals surface area contributed by atoms with Gasteiger partial charge in [0.15, 0.2) is 5.69 Å². The SMILES string of the molecule is FC(F)(F)c1cc(N2CCCC23CCOCC3)n2ncnc2n1. The summed E-state index contributed by atoms with van der Waals surface area (Å²) in [5.74, 6) is 0.392. The Hall–Kier alpha value is -1.90. The fourth-order valence-corrected chi connectivity index (χ4v) is 3.70. The zero-order valence-electron chi connectivity index (χ0n) is 12.4. The van der Waals surface area contributed by atoms with Crippen molar-refractivity contribution in [3.63, 3.8) is 0 Å². The predicted molar refractivity (Wildman–Crippen MR) is 75.1 cm³/mol.